The summed E-state index contributed by atoms with van der Waals surface area (Å²) in [6.45, 7) is 13.4. The second-order valence-electron chi connectivity index (χ2n) is 16.7. The molecule has 1 aliphatic carbocycles. The fraction of sp³-hybridized carbons (Fsp3) is 0.488. The van der Waals surface area contributed by atoms with E-state index in [1.54, 1.807) is 35.2 Å². The highest BCUT2D eigenvalue weighted by molar-refractivity contribution is 6.31. The molecule has 2 N–H and O–H groups in total. The molecule has 1 aromatic heterocycles. The first-order valence-electron chi connectivity index (χ1n) is 19.7. The maximum absolute atomic E-state index is 14.3. The van der Waals surface area contributed by atoms with Crippen molar-refractivity contribution in [3.8, 4) is 17.6 Å². The lowest BCUT2D eigenvalue weighted by molar-refractivity contribution is -0.216. The minimum absolute atomic E-state index is 0.159. The highest BCUT2D eigenvalue weighted by atomic mass is 35.5. The summed E-state index contributed by atoms with van der Waals surface area (Å²) in [5.41, 5.74) is 6.23. The number of aromatic nitrogens is 1. The Morgan fingerprint density at radius 3 is 2.37 bits per heavy atom. The number of anilines is 1. The third-order valence-electron chi connectivity index (χ3n) is 12.2. The van der Waals surface area contributed by atoms with Gasteiger partial charge in [-0.05, 0) is 74.2 Å². The second kappa shape index (κ2) is 16.0. The standard InChI is InChI=1S/C43H50ClN7O6/c1-42(2)40(43(3,4)41(42)57-31-12-8-27(24-45)33(44)23-31)51-36(52)15-13-34(39(51)55)50-26-29-9-11-30(22-32(29)38(50)54)56-21-7-5-6-16-48-17-19-49(20-18-48)35-14-10-28(25-47-35)37(46)53/h8-12,14,22-23,25,34,40-41H,5-7,13,15-21,26H2,1-4H3,(H2,46,53). The summed E-state index contributed by atoms with van der Waals surface area (Å²) in [4.78, 5) is 65.1. The Balaban J connectivity index is 0.886. The lowest BCUT2D eigenvalue weighted by atomic mass is 9.48. The number of pyridine rings is 1. The zero-order chi connectivity index (χ0) is 40.6. The molecule has 2 aromatic carbocycles. The van der Waals surface area contributed by atoms with Gasteiger partial charge in [-0.25, -0.2) is 4.98 Å². The number of amides is 4. The van der Waals surface area contributed by atoms with Gasteiger partial charge in [0.05, 0.1) is 28.8 Å². The van der Waals surface area contributed by atoms with E-state index < -0.39 is 28.8 Å². The number of piperazine rings is 1. The first-order valence-corrected chi connectivity index (χ1v) is 20.1. The highest BCUT2D eigenvalue weighted by Gasteiger charge is 2.68. The minimum Gasteiger partial charge on any atom is -0.494 e. The molecule has 3 aliphatic heterocycles. The number of nitriles is 1. The summed E-state index contributed by atoms with van der Waals surface area (Å²) < 4.78 is 12.5. The fourth-order valence-corrected chi connectivity index (χ4v) is 9.80. The van der Waals surface area contributed by atoms with Crippen LogP contribution in [-0.2, 0) is 16.1 Å². The van der Waals surface area contributed by atoms with Crippen molar-refractivity contribution in [1.82, 2.24) is 19.7 Å². The SMILES string of the molecule is CC1(C)C(Oc2ccc(C#N)c(Cl)c2)C(C)(C)C1N1C(=O)CCC(N2Cc3ccc(OCCCCCN4CCN(c5ccc(C(N)=O)cn5)CC4)cc3C2=O)C1=O. The Hall–Kier alpha value is -5.19. The van der Waals surface area contributed by atoms with Crippen LogP contribution in [0.5, 0.6) is 11.5 Å². The molecule has 0 bridgehead atoms. The quantitative estimate of drug-likeness (QED) is 0.174. The van der Waals surface area contributed by atoms with Crippen molar-refractivity contribution in [3.63, 3.8) is 0 Å². The van der Waals surface area contributed by atoms with Crippen LogP contribution in [0.2, 0.25) is 5.02 Å². The summed E-state index contributed by atoms with van der Waals surface area (Å²) in [5.74, 6) is 0.682. The van der Waals surface area contributed by atoms with Gasteiger partial charge in [0.1, 0.15) is 35.5 Å². The van der Waals surface area contributed by atoms with Crippen molar-refractivity contribution in [2.75, 3.05) is 44.2 Å². The highest BCUT2D eigenvalue weighted by Crippen LogP contribution is 2.58. The van der Waals surface area contributed by atoms with Gasteiger partial charge in [0.25, 0.3) is 11.8 Å². The second-order valence-corrected chi connectivity index (χ2v) is 17.1. The van der Waals surface area contributed by atoms with Gasteiger partial charge < -0.3 is 25.0 Å². The Kier molecular flexibility index (Phi) is 11.2. The molecule has 1 atom stereocenters. The van der Waals surface area contributed by atoms with E-state index in [0.717, 1.165) is 63.4 Å². The van der Waals surface area contributed by atoms with Gasteiger partial charge in [-0.1, -0.05) is 45.4 Å². The van der Waals surface area contributed by atoms with Gasteiger partial charge in [-0.3, -0.25) is 29.0 Å². The number of imide groups is 1. The van der Waals surface area contributed by atoms with Crippen LogP contribution in [0.25, 0.3) is 0 Å². The number of hydrogen-bond acceptors (Lipinski definition) is 10. The number of piperidine rings is 1. The van der Waals surface area contributed by atoms with Crippen molar-refractivity contribution in [1.29, 1.82) is 5.26 Å². The number of halogens is 1. The van der Waals surface area contributed by atoms with E-state index in [1.165, 1.54) is 11.1 Å². The van der Waals surface area contributed by atoms with E-state index in [4.69, 9.17) is 26.8 Å². The van der Waals surface area contributed by atoms with Crippen molar-refractivity contribution in [2.45, 2.75) is 84.5 Å². The molecule has 4 heterocycles. The summed E-state index contributed by atoms with van der Waals surface area (Å²) in [7, 11) is 0. The van der Waals surface area contributed by atoms with Crippen molar-refractivity contribution >= 4 is 41.0 Å². The Labute approximate surface area is 338 Å². The van der Waals surface area contributed by atoms with Crippen LogP contribution >= 0.6 is 11.6 Å². The number of benzene rings is 2. The molecule has 0 spiro atoms. The molecular weight excluding hydrogens is 746 g/mol. The number of rotatable bonds is 13. The Bertz CT molecular complexity index is 2080. The Morgan fingerprint density at radius 1 is 0.965 bits per heavy atom. The maximum atomic E-state index is 14.3. The number of ether oxygens (including phenoxy) is 2. The van der Waals surface area contributed by atoms with Gasteiger partial charge in [0.15, 0.2) is 0 Å². The molecule has 4 amide bonds. The smallest absolute Gasteiger partial charge is 0.255 e. The zero-order valence-electron chi connectivity index (χ0n) is 33.0. The number of primary amides is 1. The number of fused-ring (bicyclic) bond motifs is 1. The number of nitrogens with zero attached hydrogens (tertiary/aromatic N) is 6. The number of hydrogen-bond donors (Lipinski definition) is 1. The average Bonchev–Trinajstić information content (AvgIpc) is 3.51. The predicted molar refractivity (Wildman–Crippen MR) is 214 cm³/mol. The van der Waals surface area contributed by atoms with Crippen LogP contribution in [0, 0.1) is 22.2 Å². The number of nitrogens with two attached hydrogens (primary N) is 1. The molecular formula is C43H50ClN7O6. The summed E-state index contributed by atoms with van der Waals surface area (Å²) in [6, 6.07) is 14.9. The third-order valence-corrected chi connectivity index (χ3v) is 12.5. The minimum atomic E-state index is -0.759. The zero-order valence-corrected chi connectivity index (χ0v) is 33.8. The van der Waals surface area contributed by atoms with Gasteiger partial charge in [-0.15, -0.1) is 0 Å². The molecule has 57 heavy (non-hydrogen) atoms. The summed E-state index contributed by atoms with van der Waals surface area (Å²) in [6.07, 6.45) is 4.54. The number of carbonyl (C=O) groups excluding carboxylic acids is 4. The molecule has 7 rings (SSSR count). The Morgan fingerprint density at radius 2 is 1.70 bits per heavy atom. The van der Waals surface area contributed by atoms with E-state index in [0.29, 0.717) is 46.4 Å². The first kappa shape index (κ1) is 40.0. The lowest BCUT2D eigenvalue weighted by Crippen LogP contribution is -2.77. The monoisotopic (exact) mass is 795 g/mol. The topological polar surface area (TPSA) is 162 Å². The molecule has 2 saturated heterocycles. The van der Waals surface area contributed by atoms with Crippen molar-refractivity contribution in [2.24, 2.45) is 16.6 Å². The van der Waals surface area contributed by atoms with Crippen LogP contribution in [0.15, 0.2) is 54.7 Å². The molecule has 13 nitrogen and oxygen atoms in total. The van der Waals surface area contributed by atoms with Crippen LogP contribution in [0.4, 0.5) is 5.82 Å². The van der Waals surface area contributed by atoms with Crippen LogP contribution in [-0.4, -0.2) is 101 Å². The predicted octanol–water partition coefficient (Wildman–Crippen LogP) is 5.43. The molecule has 4 aliphatic rings. The normalized spacial score (nSPS) is 22.8. The van der Waals surface area contributed by atoms with E-state index in [-0.39, 0.29) is 36.7 Å². The third kappa shape index (κ3) is 7.77. The van der Waals surface area contributed by atoms with Crippen molar-refractivity contribution < 1.29 is 28.7 Å². The lowest BCUT2D eigenvalue weighted by Gasteiger charge is -2.66. The van der Waals surface area contributed by atoms with Gasteiger partial charge in [0, 0.05) is 67.8 Å². The van der Waals surface area contributed by atoms with Crippen LogP contribution < -0.4 is 20.1 Å². The number of carbonyl (C=O) groups is 4. The molecule has 3 fully saturated rings. The molecule has 1 saturated carbocycles. The molecule has 0 radical (unpaired) electrons. The van der Waals surface area contributed by atoms with Crippen molar-refractivity contribution in [3.05, 3.63) is 82.0 Å². The number of likely N-dealkylation sites (tertiary alicyclic amines) is 1. The van der Waals surface area contributed by atoms with Crippen LogP contribution in [0.3, 0.4) is 0 Å². The summed E-state index contributed by atoms with van der Waals surface area (Å²) in [5, 5.41) is 9.56. The molecule has 300 valence electrons. The first-order chi connectivity index (χ1) is 27.2. The van der Waals surface area contributed by atoms with Gasteiger partial charge in [0.2, 0.25) is 11.8 Å². The molecule has 3 aromatic rings. The summed E-state index contributed by atoms with van der Waals surface area (Å²) >= 11 is 6.27. The average molecular weight is 796 g/mol. The van der Waals surface area contributed by atoms with Gasteiger partial charge >= 0.3 is 0 Å². The molecule has 1 unspecified atom stereocenters. The molecule has 14 heteroatoms. The van der Waals surface area contributed by atoms with E-state index in [9.17, 15) is 24.4 Å². The number of unbranched alkanes of at least 4 members (excludes halogenated alkanes) is 2. The van der Waals surface area contributed by atoms with E-state index >= 15 is 0 Å². The maximum Gasteiger partial charge on any atom is 0.255 e. The largest absolute Gasteiger partial charge is 0.494 e. The van der Waals surface area contributed by atoms with E-state index in [2.05, 4.69) is 20.9 Å². The van der Waals surface area contributed by atoms with Crippen LogP contribution in [0.1, 0.15) is 91.6 Å². The van der Waals surface area contributed by atoms with Gasteiger partial charge in [-0.2, -0.15) is 5.26 Å². The van der Waals surface area contributed by atoms with E-state index in [1.807, 2.05) is 45.9 Å². The fourth-order valence-electron chi connectivity index (χ4n) is 9.59.